The van der Waals surface area contributed by atoms with Crippen molar-refractivity contribution in [3.05, 3.63) is 29.8 Å². The molecule has 134 valence electrons. The highest BCUT2D eigenvalue weighted by atomic mass is 16.5. The first-order valence-corrected chi connectivity index (χ1v) is 8.91. The Bertz CT molecular complexity index is 506. The van der Waals surface area contributed by atoms with E-state index in [1.165, 1.54) is 18.4 Å². The first kappa shape index (κ1) is 18.7. The van der Waals surface area contributed by atoms with Crippen molar-refractivity contribution < 1.29 is 14.6 Å². The summed E-state index contributed by atoms with van der Waals surface area (Å²) < 4.78 is 4.63. The van der Waals surface area contributed by atoms with E-state index in [1.54, 1.807) is 0 Å². The Morgan fingerprint density at radius 3 is 2.33 bits per heavy atom. The second kappa shape index (κ2) is 9.04. The van der Waals surface area contributed by atoms with Crippen LogP contribution in [0, 0.1) is 5.92 Å². The molecule has 2 rings (SSSR count). The number of ether oxygens (including phenoxy) is 1. The van der Waals surface area contributed by atoms with Gasteiger partial charge < -0.3 is 14.7 Å². The molecule has 0 aliphatic carbocycles. The van der Waals surface area contributed by atoms with E-state index in [-0.39, 0.29) is 5.92 Å². The Balaban J connectivity index is 1.84. The highest BCUT2D eigenvalue weighted by Crippen LogP contribution is 2.23. The molecule has 1 heterocycles. The predicted octanol–water partition coefficient (Wildman–Crippen LogP) is 2.28. The molecule has 0 amide bonds. The molecule has 1 N–H and O–H groups in total. The summed E-state index contributed by atoms with van der Waals surface area (Å²) in [4.78, 5) is 16.1. The van der Waals surface area contributed by atoms with Crippen LogP contribution in [0.3, 0.4) is 0 Å². The van der Waals surface area contributed by atoms with Gasteiger partial charge in [-0.1, -0.05) is 12.1 Å². The number of methoxy groups -OCH3 is 1. The lowest BCUT2D eigenvalue weighted by Gasteiger charge is -2.33. The molecule has 5 heteroatoms. The fraction of sp³-hybridized carbons (Fsp3) is 0.632. The molecule has 1 fully saturated rings. The number of aliphatic hydroxyl groups is 1. The third-order valence-corrected chi connectivity index (χ3v) is 4.99. The SMILES string of the molecule is CCN(CC)c1ccc(CN2CCC(C(O)C(=O)OC)CC2)cc1. The van der Waals surface area contributed by atoms with Crippen LogP contribution >= 0.6 is 0 Å². The van der Waals surface area contributed by atoms with Crippen molar-refractivity contribution in [1.29, 1.82) is 0 Å². The van der Waals surface area contributed by atoms with Gasteiger partial charge in [0.25, 0.3) is 0 Å². The quantitative estimate of drug-likeness (QED) is 0.775. The molecule has 0 spiro atoms. The number of piperidine rings is 1. The van der Waals surface area contributed by atoms with E-state index >= 15 is 0 Å². The molecule has 1 saturated heterocycles. The van der Waals surface area contributed by atoms with Crippen LogP contribution in [0.4, 0.5) is 5.69 Å². The van der Waals surface area contributed by atoms with Crippen LogP contribution in [0.2, 0.25) is 0 Å². The Kier molecular flexibility index (Phi) is 7.06. The molecule has 1 unspecified atom stereocenters. The maximum atomic E-state index is 11.4. The Hall–Kier alpha value is -1.59. The minimum Gasteiger partial charge on any atom is -0.467 e. The Morgan fingerprint density at radius 1 is 1.25 bits per heavy atom. The van der Waals surface area contributed by atoms with Gasteiger partial charge in [-0.3, -0.25) is 4.90 Å². The number of nitrogens with zero attached hydrogens (tertiary/aromatic N) is 2. The van der Waals surface area contributed by atoms with Gasteiger partial charge in [0, 0.05) is 25.3 Å². The number of hydrogen-bond acceptors (Lipinski definition) is 5. The van der Waals surface area contributed by atoms with Crippen LogP contribution < -0.4 is 4.90 Å². The minimum absolute atomic E-state index is 0.0127. The van der Waals surface area contributed by atoms with Crippen molar-refractivity contribution in [2.45, 2.75) is 39.3 Å². The van der Waals surface area contributed by atoms with Crippen molar-refractivity contribution in [2.24, 2.45) is 5.92 Å². The summed E-state index contributed by atoms with van der Waals surface area (Å²) in [7, 11) is 1.32. The number of carbonyl (C=O) groups is 1. The normalized spacial score (nSPS) is 17.5. The summed E-state index contributed by atoms with van der Waals surface area (Å²) >= 11 is 0. The molecule has 1 aromatic carbocycles. The standard InChI is InChI=1S/C19H30N2O3/c1-4-21(5-2)17-8-6-15(7-9-17)14-20-12-10-16(11-13-20)18(22)19(23)24-3/h6-9,16,18,22H,4-5,10-14H2,1-3H3. The molecule has 0 aromatic heterocycles. The number of aliphatic hydroxyl groups excluding tert-OH is 1. The van der Waals surface area contributed by atoms with E-state index in [0.29, 0.717) is 0 Å². The van der Waals surface area contributed by atoms with Crippen LogP contribution in [-0.4, -0.2) is 55.4 Å². The lowest BCUT2D eigenvalue weighted by molar-refractivity contribution is -0.154. The molecular weight excluding hydrogens is 304 g/mol. The van der Waals surface area contributed by atoms with Gasteiger partial charge in [0.2, 0.25) is 0 Å². The van der Waals surface area contributed by atoms with E-state index in [0.717, 1.165) is 45.6 Å². The first-order chi connectivity index (χ1) is 11.6. The molecule has 0 saturated carbocycles. The third-order valence-electron chi connectivity index (χ3n) is 4.99. The fourth-order valence-corrected chi connectivity index (χ4v) is 3.40. The molecule has 0 bridgehead atoms. The van der Waals surface area contributed by atoms with Gasteiger partial charge in [0.15, 0.2) is 6.10 Å². The van der Waals surface area contributed by atoms with Crippen LogP contribution in [0.25, 0.3) is 0 Å². The number of likely N-dealkylation sites (tertiary alicyclic amines) is 1. The number of hydrogen-bond donors (Lipinski definition) is 1. The summed E-state index contributed by atoms with van der Waals surface area (Å²) in [6, 6.07) is 8.78. The average molecular weight is 334 g/mol. The number of esters is 1. The van der Waals surface area contributed by atoms with Crippen molar-refractivity contribution in [3.63, 3.8) is 0 Å². The largest absolute Gasteiger partial charge is 0.467 e. The monoisotopic (exact) mass is 334 g/mol. The van der Waals surface area contributed by atoms with Gasteiger partial charge >= 0.3 is 5.97 Å². The van der Waals surface area contributed by atoms with E-state index in [9.17, 15) is 9.90 Å². The lowest BCUT2D eigenvalue weighted by Crippen LogP contribution is -2.40. The zero-order valence-corrected chi connectivity index (χ0v) is 15.1. The Morgan fingerprint density at radius 2 is 1.83 bits per heavy atom. The summed E-state index contributed by atoms with van der Waals surface area (Å²) in [5.41, 5.74) is 2.57. The Labute approximate surface area is 145 Å². The summed E-state index contributed by atoms with van der Waals surface area (Å²) in [5, 5.41) is 9.95. The third kappa shape index (κ3) is 4.71. The molecular formula is C19H30N2O3. The summed E-state index contributed by atoms with van der Waals surface area (Å²) in [6.07, 6.45) is 0.673. The second-order valence-electron chi connectivity index (χ2n) is 6.42. The van der Waals surface area contributed by atoms with Gasteiger partial charge in [0.1, 0.15) is 0 Å². The van der Waals surface area contributed by atoms with E-state index < -0.39 is 12.1 Å². The zero-order valence-electron chi connectivity index (χ0n) is 15.1. The smallest absolute Gasteiger partial charge is 0.334 e. The van der Waals surface area contributed by atoms with Crippen molar-refractivity contribution in [3.8, 4) is 0 Å². The summed E-state index contributed by atoms with van der Waals surface area (Å²) in [6.45, 7) is 9.10. The van der Waals surface area contributed by atoms with Crippen LogP contribution in [0.5, 0.6) is 0 Å². The highest BCUT2D eigenvalue weighted by Gasteiger charge is 2.30. The predicted molar refractivity (Wildman–Crippen MR) is 96.0 cm³/mol. The highest BCUT2D eigenvalue weighted by molar-refractivity contribution is 5.74. The van der Waals surface area contributed by atoms with Crippen molar-refractivity contribution in [1.82, 2.24) is 4.90 Å². The lowest BCUT2D eigenvalue weighted by atomic mass is 9.91. The molecule has 1 aromatic rings. The van der Waals surface area contributed by atoms with Gasteiger partial charge in [-0.15, -0.1) is 0 Å². The maximum absolute atomic E-state index is 11.4. The second-order valence-corrected chi connectivity index (χ2v) is 6.42. The van der Waals surface area contributed by atoms with Gasteiger partial charge in [-0.2, -0.15) is 0 Å². The summed E-state index contributed by atoms with van der Waals surface area (Å²) in [5.74, 6) is -0.501. The molecule has 1 aliphatic heterocycles. The number of benzene rings is 1. The van der Waals surface area contributed by atoms with E-state index in [1.807, 2.05) is 0 Å². The number of carbonyl (C=O) groups excluding carboxylic acids is 1. The number of anilines is 1. The van der Waals surface area contributed by atoms with Gasteiger partial charge in [-0.05, 0) is 63.4 Å². The molecule has 24 heavy (non-hydrogen) atoms. The van der Waals surface area contributed by atoms with Crippen LogP contribution in [0.1, 0.15) is 32.3 Å². The van der Waals surface area contributed by atoms with Crippen LogP contribution in [-0.2, 0) is 16.1 Å². The average Bonchev–Trinajstić information content (AvgIpc) is 2.63. The molecule has 1 aliphatic rings. The van der Waals surface area contributed by atoms with Crippen molar-refractivity contribution in [2.75, 3.05) is 38.2 Å². The molecule has 1 atom stereocenters. The van der Waals surface area contributed by atoms with Gasteiger partial charge in [0.05, 0.1) is 7.11 Å². The molecule has 5 nitrogen and oxygen atoms in total. The topological polar surface area (TPSA) is 53.0 Å². The van der Waals surface area contributed by atoms with E-state index in [4.69, 9.17) is 0 Å². The van der Waals surface area contributed by atoms with Crippen molar-refractivity contribution >= 4 is 11.7 Å². The maximum Gasteiger partial charge on any atom is 0.334 e. The zero-order chi connectivity index (χ0) is 17.5. The first-order valence-electron chi connectivity index (χ1n) is 8.91. The fourth-order valence-electron chi connectivity index (χ4n) is 3.40. The number of rotatable bonds is 7. The minimum atomic E-state index is -0.981. The van der Waals surface area contributed by atoms with Crippen LogP contribution in [0.15, 0.2) is 24.3 Å². The van der Waals surface area contributed by atoms with Gasteiger partial charge in [-0.25, -0.2) is 4.79 Å². The van der Waals surface area contributed by atoms with E-state index in [2.05, 4.69) is 52.6 Å². The molecule has 0 radical (unpaired) electrons.